The van der Waals surface area contributed by atoms with Crippen LogP contribution in [0.2, 0.25) is 0 Å². The first kappa shape index (κ1) is 22.6. The number of hydrogen-bond donors (Lipinski definition) is 2. The van der Waals surface area contributed by atoms with Crippen LogP contribution < -0.4 is 14.8 Å². The Morgan fingerprint density at radius 1 is 1.15 bits per heavy atom. The molecule has 2 aromatic carbocycles. The summed E-state index contributed by atoms with van der Waals surface area (Å²) in [7, 11) is 1.55. The molecule has 0 fully saturated rings. The van der Waals surface area contributed by atoms with Gasteiger partial charge >= 0.3 is 0 Å². The molecule has 2 rings (SSSR count). The van der Waals surface area contributed by atoms with Gasteiger partial charge in [-0.2, -0.15) is 0 Å². The summed E-state index contributed by atoms with van der Waals surface area (Å²) in [6.07, 6.45) is 0.832. The average molecular weight is 445 g/mol. The highest BCUT2D eigenvalue weighted by molar-refractivity contribution is 9.10. The molecule has 0 heterocycles. The Bertz CT molecular complexity index is 701. The molecule has 0 aromatic heterocycles. The molecule has 1 unspecified atom stereocenters. The summed E-state index contributed by atoms with van der Waals surface area (Å²) >= 11 is 3.50. The zero-order chi connectivity index (χ0) is 18.4. The van der Waals surface area contributed by atoms with Gasteiger partial charge in [0.05, 0.1) is 7.11 Å². The number of aryl methyl sites for hydroxylation is 2. The molecule has 0 bridgehead atoms. The van der Waals surface area contributed by atoms with Gasteiger partial charge in [-0.3, -0.25) is 0 Å². The van der Waals surface area contributed by atoms with E-state index in [1.54, 1.807) is 19.2 Å². The van der Waals surface area contributed by atoms with Crippen molar-refractivity contribution in [2.75, 3.05) is 20.3 Å². The fourth-order valence-corrected chi connectivity index (χ4v) is 3.43. The maximum absolute atomic E-state index is 9.81. The van der Waals surface area contributed by atoms with Crippen LogP contribution in [0.4, 0.5) is 0 Å². The summed E-state index contributed by atoms with van der Waals surface area (Å²) in [4.78, 5) is 0. The van der Waals surface area contributed by atoms with Crippen molar-refractivity contribution >= 4 is 28.3 Å². The first-order chi connectivity index (χ1) is 11.9. The molecule has 0 aliphatic carbocycles. The SMILES string of the molecule is COc1ccc(CCNC(C)COc2c(C)cc(Br)cc2C)cc1O.Cl. The lowest BCUT2D eigenvalue weighted by Gasteiger charge is -2.18. The second-order valence-electron chi connectivity index (χ2n) is 6.29. The Morgan fingerprint density at radius 3 is 2.38 bits per heavy atom. The topological polar surface area (TPSA) is 50.7 Å². The predicted molar refractivity (Wildman–Crippen MR) is 112 cm³/mol. The first-order valence-electron chi connectivity index (χ1n) is 8.39. The van der Waals surface area contributed by atoms with Gasteiger partial charge in [0.1, 0.15) is 12.4 Å². The van der Waals surface area contributed by atoms with E-state index < -0.39 is 0 Å². The average Bonchev–Trinajstić information content (AvgIpc) is 2.54. The molecule has 2 N–H and O–H groups in total. The minimum atomic E-state index is 0. The highest BCUT2D eigenvalue weighted by atomic mass is 79.9. The van der Waals surface area contributed by atoms with Gasteiger partial charge in [-0.1, -0.05) is 22.0 Å². The molecular formula is C20H27BrClNO3. The van der Waals surface area contributed by atoms with Gasteiger partial charge in [0.25, 0.3) is 0 Å². The number of phenols is 1. The first-order valence-corrected chi connectivity index (χ1v) is 9.18. The fraction of sp³-hybridized carbons (Fsp3) is 0.400. The molecular weight excluding hydrogens is 418 g/mol. The molecule has 0 aliphatic rings. The van der Waals surface area contributed by atoms with E-state index in [0.717, 1.165) is 39.9 Å². The molecule has 0 radical (unpaired) electrons. The zero-order valence-electron chi connectivity index (χ0n) is 15.6. The van der Waals surface area contributed by atoms with Crippen molar-refractivity contribution in [3.8, 4) is 17.2 Å². The van der Waals surface area contributed by atoms with E-state index in [9.17, 15) is 5.11 Å². The second-order valence-corrected chi connectivity index (χ2v) is 7.21. The van der Waals surface area contributed by atoms with Crippen molar-refractivity contribution < 1.29 is 14.6 Å². The number of ether oxygens (including phenoxy) is 2. The van der Waals surface area contributed by atoms with Crippen LogP contribution >= 0.6 is 28.3 Å². The van der Waals surface area contributed by atoms with Crippen molar-refractivity contribution in [2.45, 2.75) is 33.2 Å². The Balaban J connectivity index is 0.00000338. The predicted octanol–water partition coefficient (Wildman–Crippen LogP) is 4.80. The van der Waals surface area contributed by atoms with Crippen LogP contribution in [0.3, 0.4) is 0 Å². The summed E-state index contributed by atoms with van der Waals surface area (Å²) in [6, 6.07) is 9.87. The highest BCUT2D eigenvalue weighted by Gasteiger charge is 2.09. The summed E-state index contributed by atoms with van der Waals surface area (Å²) in [5, 5.41) is 13.3. The van der Waals surface area contributed by atoms with Crippen molar-refractivity contribution in [1.82, 2.24) is 5.32 Å². The lowest BCUT2D eigenvalue weighted by Crippen LogP contribution is -2.33. The monoisotopic (exact) mass is 443 g/mol. The van der Waals surface area contributed by atoms with Gasteiger partial charge in [0.15, 0.2) is 11.5 Å². The number of methoxy groups -OCH3 is 1. The van der Waals surface area contributed by atoms with Crippen LogP contribution in [-0.2, 0) is 6.42 Å². The second kappa shape index (κ2) is 10.7. The number of benzene rings is 2. The maximum atomic E-state index is 9.81. The zero-order valence-corrected chi connectivity index (χ0v) is 18.0. The summed E-state index contributed by atoms with van der Waals surface area (Å²) in [5.41, 5.74) is 3.33. The van der Waals surface area contributed by atoms with E-state index in [2.05, 4.69) is 54.2 Å². The Kier molecular flexibility index (Phi) is 9.27. The maximum Gasteiger partial charge on any atom is 0.160 e. The Morgan fingerprint density at radius 2 is 1.81 bits per heavy atom. The van der Waals surface area contributed by atoms with E-state index in [1.165, 1.54) is 0 Å². The molecule has 0 aliphatic heterocycles. The summed E-state index contributed by atoms with van der Waals surface area (Å²) < 4.78 is 12.1. The van der Waals surface area contributed by atoms with E-state index >= 15 is 0 Å². The van der Waals surface area contributed by atoms with Crippen molar-refractivity contribution in [3.05, 3.63) is 51.5 Å². The fourth-order valence-electron chi connectivity index (χ4n) is 2.75. The van der Waals surface area contributed by atoms with Crippen molar-refractivity contribution in [1.29, 1.82) is 0 Å². The summed E-state index contributed by atoms with van der Waals surface area (Å²) in [6.45, 7) is 7.64. The molecule has 144 valence electrons. The summed E-state index contributed by atoms with van der Waals surface area (Å²) in [5.74, 6) is 1.63. The normalized spacial score (nSPS) is 11.6. The quantitative estimate of drug-likeness (QED) is 0.614. The van der Waals surface area contributed by atoms with Crippen molar-refractivity contribution in [3.63, 3.8) is 0 Å². The van der Waals surface area contributed by atoms with E-state index in [-0.39, 0.29) is 24.2 Å². The van der Waals surface area contributed by atoms with Crippen LogP contribution in [0.25, 0.3) is 0 Å². The van der Waals surface area contributed by atoms with Gasteiger partial charge in [-0.25, -0.2) is 0 Å². The Hall–Kier alpha value is -1.43. The Labute approximate surface area is 170 Å². The number of rotatable bonds is 8. The molecule has 26 heavy (non-hydrogen) atoms. The van der Waals surface area contributed by atoms with E-state index in [4.69, 9.17) is 9.47 Å². The standard InChI is InChI=1S/C20H26BrNO3.ClH/c1-13-9-17(21)10-14(2)20(13)25-12-15(3)22-8-7-16-5-6-19(24-4)18(23)11-16;/h5-6,9-11,15,22-23H,7-8,12H2,1-4H3;1H. The smallest absolute Gasteiger partial charge is 0.160 e. The molecule has 0 saturated heterocycles. The van der Waals surface area contributed by atoms with Crippen molar-refractivity contribution in [2.24, 2.45) is 0 Å². The largest absolute Gasteiger partial charge is 0.504 e. The third-order valence-electron chi connectivity index (χ3n) is 4.05. The number of aromatic hydroxyl groups is 1. The van der Waals surface area contributed by atoms with E-state index in [0.29, 0.717) is 12.4 Å². The minimum absolute atomic E-state index is 0. The van der Waals surface area contributed by atoms with Crippen LogP contribution in [0, 0.1) is 13.8 Å². The molecule has 0 spiro atoms. The van der Waals surface area contributed by atoms with E-state index in [1.807, 2.05) is 6.07 Å². The number of phenolic OH excluding ortho intramolecular Hbond substituents is 1. The lowest BCUT2D eigenvalue weighted by atomic mass is 10.1. The van der Waals surface area contributed by atoms with Gasteiger partial charge in [-0.05, 0) is 74.7 Å². The molecule has 6 heteroatoms. The molecule has 0 amide bonds. The third-order valence-corrected chi connectivity index (χ3v) is 4.51. The molecule has 2 aromatic rings. The molecule has 4 nitrogen and oxygen atoms in total. The van der Waals surface area contributed by atoms with Gasteiger partial charge in [0.2, 0.25) is 0 Å². The van der Waals surface area contributed by atoms with Crippen LogP contribution in [0.5, 0.6) is 17.2 Å². The number of nitrogens with one attached hydrogen (secondary N) is 1. The number of hydrogen-bond acceptors (Lipinski definition) is 4. The minimum Gasteiger partial charge on any atom is -0.504 e. The lowest BCUT2D eigenvalue weighted by molar-refractivity contribution is 0.271. The van der Waals surface area contributed by atoms with Gasteiger partial charge in [-0.15, -0.1) is 12.4 Å². The molecule has 0 saturated carbocycles. The third kappa shape index (κ3) is 6.38. The van der Waals surface area contributed by atoms with Crippen LogP contribution in [0.15, 0.2) is 34.8 Å². The molecule has 1 atom stereocenters. The highest BCUT2D eigenvalue weighted by Crippen LogP contribution is 2.27. The van der Waals surface area contributed by atoms with Gasteiger partial charge < -0.3 is 19.9 Å². The number of halogens is 2. The van der Waals surface area contributed by atoms with Crippen LogP contribution in [-0.4, -0.2) is 31.4 Å². The van der Waals surface area contributed by atoms with Gasteiger partial charge in [0, 0.05) is 10.5 Å². The van der Waals surface area contributed by atoms with Crippen LogP contribution in [0.1, 0.15) is 23.6 Å².